The highest BCUT2D eigenvalue weighted by molar-refractivity contribution is 7.91. The summed E-state index contributed by atoms with van der Waals surface area (Å²) in [4.78, 5) is 24.9. The molecule has 2 aliphatic rings. The van der Waals surface area contributed by atoms with E-state index in [9.17, 15) is 18.3 Å². The summed E-state index contributed by atoms with van der Waals surface area (Å²) in [5.41, 5.74) is 1.64. The van der Waals surface area contributed by atoms with Gasteiger partial charge in [0.15, 0.2) is 39.3 Å². The first-order valence-corrected chi connectivity index (χ1v) is 14.4. The maximum Gasteiger partial charge on any atom is 0.320 e. The molecule has 13 nitrogen and oxygen atoms in total. The summed E-state index contributed by atoms with van der Waals surface area (Å²) >= 11 is 0. The van der Waals surface area contributed by atoms with Crippen LogP contribution in [0.1, 0.15) is 25.6 Å². The molecule has 5 rings (SSSR count). The fourth-order valence-electron chi connectivity index (χ4n) is 4.69. The number of carbonyl (C=O) groups excluding carboxylic acids is 1. The number of ether oxygens (including phenoxy) is 3. The van der Waals surface area contributed by atoms with Crippen molar-refractivity contribution in [2.45, 2.75) is 50.8 Å². The van der Waals surface area contributed by atoms with Crippen molar-refractivity contribution in [1.82, 2.24) is 24.8 Å². The van der Waals surface area contributed by atoms with Crippen LogP contribution < -0.4 is 10.6 Å². The molecule has 1 aromatic carbocycles. The largest absolute Gasteiger partial charge is 0.392 e. The van der Waals surface area contributed by atoms with Gasteiger partial charge in [-0.2, -0.15) is 0 Å². The molecule has 2 aliphatic heterocycles. The quantitative estimate of drug-likeness (QED) is 0.350. The standard InChI is InChI=1S/C25H30N6O7S/c1-3-26-25(33)30-22-19-23(28-13-27-22)31(14-29-19)24-21-20(17(36-24)12-39(34,35)11-15(2)32)37-18(38-21)10-9-16-7-5-4-6-8-16/h4-10,13-15,17-18,20-21,24,32H,3,11-12H2,1-2H3,(H2,26,27,28,30,33)/b10-9+/t15?,17-,18+,20-,21-,24-/m1/s1. The third-order valence-electron chi connectivity index (χ3n) is 6.23. The molecule has 2 fully saturated rings. The Morgan fingerprint density at radius 2 is 1.92 bits per heavy atom. The first kappa shape index (κ1) is 27.1. The summed E-state index contributed by atoms with van der Waals surface area (Å²) in [5, 5.41) is 14.9. The third-order valence-corrected chi connectivity index (χ3v) is 8.06. The number of aliphatic hydroxyl groups excluding tert-OH is 1. The predicted octanol–water partition coefficient (Wildman–Crippen LogP) is 1.48. The van der Waals surface area contributed by atoms with Crippen LogP contribution in [0.2, 0.25) is 0 Å². The van der Waals surface area contributed by atoms with E-state index in [0.29, 0.717) is 17.7 Å². The summed E-state index contributed by atoms with van der Waals surface area (Å²) in [6.45, 7) is 3.65. The van der Waals surface area contributed by atoms with Gasteiger partial charge in [-0.15, -0.1) is 0 Å². The van der Waals surface area contributed by atoms with E-state index in [0.717, 1.165) is 5.56 Å². The van der Waals surface area contributed by atoms with Gasteiger partial charge in [0.2, 0.25) is 0 Å². The van der Waals surface area contributed by atoms with Gasteiger partial charge in [0.1, 0.15) is 24.6 Å². The predicted molar refractivity (Wildman–Crippen MR) is 141 cm³/mol. The van der Waals surface area contributed by atoms with Crippen molar-refractivity contribution in [3.8, 4) is 0 Å². The zero-order chi connectivity index (χ0) is 27.6. The summed E-state index contributed by atoms with van der Waals surface area (Å²) in [5.74, 6) is -0.550. The molecule has 3 aromatic rings. The lowest BCUT2D eigenvalue weighted by Gasteiger charge is -2.20. The molecule has 1 unspecified atom stereocenters. The molecule has 6 atom stereocenters. The van der Waals surface area contributed by atoms with E-state index < -0.39 is 58.6 Å². The van der Waals surface area contributed by atoms with Crippen LogP contribution in [-0.2, 0) is 24.0 Å². The Morgan fingerprint density at radius 1 is 1.15 bits per heavy atom. The number of rotatable bonds is 9. The van der Waals surface area contributed by atoms with Crippen molar-refractivity contribution in [2.75, 3.05) is 23.4 Å². The molecule has 4 heterocycles. The monoisotopic (exact) mass is 558 g/mol. The van der Waals surface area contributed by atoms with Gasteiger partial charge in [0.25, 0.3) is 0 Å². The van der Waals surface area contributed by atoms with Crippen LogP contribution in [0.15, 0.2) is 49.1 Å². The molecule has 2 saturated heterocycles. The van der Waals surface area contributed by atoms with Crippen molar-refractivity contribution in [1.29, 1.82) is 0 Å². The summed E-state index contributed by atoms with van der Waals surface area (Å²) in [6.07, 6.45) is 1.53. The number of imidazole rings is 1. The molecule has 2 amide bonds. The Labute approximate surface area is 225 Å². The summed E-state index contributed by atoms with van der Waals surface area (Å²) in [7, 11) is -3.67. The lowest BCUT2D eigenvalue weighted by molar-refractivity contribution is -0.120. The van der Waals surface area contributed by atoms with Crippen LogP contribution in [0.25, 0.3) is 17.2 Å². The van der Waals surface area contributed by atoms with E-state index >= 15 is 0 Å². The van der Waals surface area contributed by atoms with Crippen LogP contribution in [0.4, 0.5) is 10.6 Å². The highest BCUT2D eigenvalue weighted by Crippen LogP contribution is 2.41. The number of anilines is 1. The molecule has 0 spiro atoms. The molecule has 0 aliphatic carbocycles. The van der Waals surface area contributed by atoms with E-state index in [2.05, 4.69) is 25.6 Å². The van der Waals surface area contributed by atoms with Crippen LogP contribution in [0.3, 0.4) is 0 Å². The number of aromatic nitrogens is 4. The van der Waals surface area contributed by atoms with Crippen LogP contribution in [-0.4, -0.2) is 87.8 Å². The first-order chi connectivity index (χ1) is 18.7. The van der Waals surface area contributed by atoms with Gasteiger partial charge in [0.05, 0.1) is 23.9 Å². The highest BCUT2D eigenvalue weighted by Gasteiger charge is 2.54. The number of sulfone groups is 1. The van der Waals surface area contributed by atoms with Crippen LogP contribution in [0.5, 0.6) is 0 Å². The number of aliphatic hydroxyl groups is 1. The molecule has 14 heteroatoms. The molecular formula is C25H30N6O7S. The van der Waals surface area contributed by atoms with E-state index in [1.165, 1.54) is 19.6 Å². The minimum absolute atomic E-state index is 0.211. The second-order valence-electron chi connectivity index (χ2n) is 9.36. The highest BCUT2D eigenvalue weighted by atomic mass is 32.2. The Kier molecular flexibility index (Phi) is 7.91. The van der Waals surface area contributed by atoms with Gasteiger partial charge < -0.3 is 24.6 Å². The van der Waals surface area contributed by atoms with Crippen molar-refractivity contribution < 1.29 is 32.5 Å². The number of nitrogens with zero attached hydrogens (tertiary/aromatic N) is 4. The molecule has 208 valence electrons. The SMILES string of the molecule is CCNC(=O)Nc1ncnc2c1ncn2[C@@H]1O[C@H](CS(=O)(=O)CC(C)O)[C@H]2O[C@H](/C=C/c3ccccc3)O[C@H]21. The minimum Gasteiger partial charge on any atom is -0.392 e. The molecule has 0 saturated carbocycles. The number of carbonyl (C=O) groups is 1. The fraction of sp³-hybridized carbons (Fsp3) is 0.440. The van der Waals surface area contributed by atoms with Crippen LogP contribution in [0, 0.1) is 0 Å². The van der Waals surface area contributed by atoms with Gasteiger partial charge in [-0.1, -0.05) is 36.4 Å². The molecule has 3 N–H and O–H groups in total. The molecule has 2 aromatic heterocycles. The Morgan fingerprint density at radius 3 is 2.67 bits per heavy atom. The Hall–Kier alpha value is -3.43. The maximum absolute atomic E-state index is 12.7. The lowest BCUT2D eigenvalue weighted by atomic mass is 10.1. The van der Waals surface area contributed by atoms with E-state index in [1.807, 2.05) is 36.4 Å². The van der Waals surface area contributed by atoms with Crippen LogP contribution >= 0.6 is 0 Å². The van der Waals surface area contributed by atoms with Crippen molar-refractivity contribution in [3.63, 3.8) is 0 Å². The van der Waals surface area contributed by atoms with E-state index in [1.54, 1.807) is 17.6 Å². The maximum atomic E-state index is 12.7. The number of amides is 2. The fourth-order valence-corrected chi connectivity index (χ4v) is 6.33. The smallest absolute Gasteiger partial charge is 0.320 e. The molecular weight excluding hydrogens is 528 g/mol. The number of nitrogens with one attached hydrogen (secondary N) is 2. The van der Waals surface area contributed by atoms with E-state index in [-0.39, 0.29) is 11.6 Å². The van der Waals surface area contributed by atoms with Gasteiger partial charge in [-0.3, -0.25) is 9.88 Å². The number of hydrogen-bond acceptors (Lipinski definition) is 10. The van der Waals surface area contributed by atoms with Crippen molar-refractivity contribution >= 4 is 38.9 Å². The molecule has 0 bridgehead atoms. The van der Waals surface area contributed by atoms with Gasteiger partial charge in [-0.05, 0) is 25.5 Å². The molecule has 0 radical (unpaired) electrons. The zero-order valence-corrected chi connectivity index (χ0v) is 22.2. The lowest BCUT2D eigenvalue weighted by Crippen LogP contribution is -2.36. The third kappa shape index (κ3) is 6.09. The Bertz CT molecular complexity index is 1450. The normalized spacial score (nSPS) is 25.7. The average molecular weight is 559 g/mol. The second kappa shape index (κ2) is 11.4. The number of urea groups is 1. The summed E-state index contributed by atoms with van der Waals surface area (Å²) < 4.78 is 45.6. The van der Waals surface area contributed by atoms with Crippen molar-refractivity contribution in [2.24, 2.45) is 0 Å². The minimum atomic E-state index is -3.67. The van der Waals surface area contributed by atoms with Gasteiger partial charge >= 0.3 is 6.03 Å². The van der Waals surface area contributed by atoms with Crippen molar-refractivity contribution in [3.05, 3.63) is 54.6 Å². The van der Waals surface area contributed by atoms with E-state index in [4.69, 9.17) is 14.2 Å². The second-order valence-corrected chi connectivity index (χ2v) is 11.5. The number of hydrogen-bond donors (Lipinski definition) is 3. The zero-order valence-electron chi connectivity index (χ0n) is 21.4. The number of benzene rings is 1. The van der Waals surface area contributed by atoms with Gasteiger partial charge in [-0.25, -0.2) is 28.2 Å². The number of fused-ring (bicyclic) bond motifs is 2. The Balaban J connectivity index is 1.44. The first-order valence-electron chi connectivity index (χ1n) is 12.5. The topological polar surface area (TPSA) is 167 Å². The summed E-state index contributed by atoms with van der Waals surface area (Å²) in [6, 6.07) is 9.19. The average Bonchev–Trinajstić information content (AvgIpc) is 3.57. The molecule has 39 heavy (non-hydrogen) atoms. The van der Waals surface area contributed by atoms with Gasteiger partial charge in [0, 0.05) is 6.54 Å².